The minimum atomic E-state index is -0.235. The molecule has 4 rings (SSSR count). The van der Waals surface area contributed by atoms with E-state index in [1.165, 1.54) is 28.8 Å². The monoisotopic (exact) mass is 413 g/mol. The van der Waals surface area contributed by atoms with Crippen LogP contribution >= 0.6 is 0 Å². The van der Waals surface area contributed by atoms with E-state index in [0.29, 0.717) is 0 Å². The second-order valence-electron chi connectivity index (χ2n) is 7.97. The molecule has 0 aliphatic carbocycles. The molecule has 0 saturated carbocycles. The van der Waals surface area contributed by atoms with Crippen molar-refractivity contribution in [3.63, 3.8) is 0 Å². The molecule has 3 aromatic rings. The topological polar surface area (TPSA) is 12.5 Å². The standard InChI is InChI=1S/C28H28FNO/c1-5-6-7-26-27-18-19(2)8-17-25(27)20(3)30(23-13-15-24(31-4)16-14-23)28(26)21-9-11-22(29)12-10-21/h8-18H,3,5-7H2,1-2,4H3. The van der Waals surface area contributed by atoms with Crippen molar-refractivity contribution in [2.45, 2.75) is 33.1 Å². The summed E-state index contributed by atoms with van der Waals surface area (Å²) in [5, 5.41) is 0. The van der Waals surface area contributed by atoms with Gasteiger partial charge in [0.1, 0.15) is 11.6 Å². The largest absolute Gasteiger partial charge is 0.497 e. The fourth-order valence-corrected chi connectivity index (χ4v) is 4.21. The van der Waals surface area contributed by atoms with Crippen LogP contribution in [0.2, 0.25) is 0 Å². The highest BCUT2D eigenvalue weighted by Crippen LogP contribution is 2.46. The van der Waals surface area contributed by atoms with E-state index in [-0.39, 0.29) is 5.82 Å². The number of ether oxygens (including phenoxy) is 1. The van der Waals surface area contributed by atoms with Gasteiger partial charge in [-0.2, -0.15) is 0 Å². The molecule has 0 N–H and O–H groups in total. The average molecular weight is 414 g/mol. The van der Waals surface area contributed by atoms with Crippen molar-refractivity contribution < 1.29 is 9.13 Å². The number of rotatable bonds is 6. The molecule has 0 amide bonds. The van der Waals surface area contributed by atoms with E-state index in [2.05, 4.69) is 43.5 Å². The van der Waals surface area contributed by atoms with E-state index in [9.17, 15) is 4.39 Å². The summed E-state index contributed by atoms with van der Waals surface area (Å²) in [4.78, 5) is 2.20. The number of methoxy groups -OCH3 is 1. The van der Waals surface area contributed by atoms with Crippen molar-refractivity contribution in [3.8, 4) is 5.75 Å². The summed E-state index contributed by atoms with van der Waals surface area (Å²) in [6, 6.07) is 21.3. The van der Waals surface area contributed by atoms with Crippen molar-refractivity contribution in [2.75, 3.05) is 12.0 Å². The maximum Gasteiger partial charge on any atom is 0.123 e. The predicted molar refractivity (Wildman–Crippen MR) is 128 cm³/mol. The van der Waals surface area contributed by atoms with E-state index >= 15 is 0 Å². The third-order valence-electron chi connectivity index (χ3n) is 5.82. The highest BCUT2D eigenvalue weighted by Gasteiger charge is 2.29. The van der Waals surface area contributed by atoms with E-state index < -0.39 is 0 Å². The number of aryl methyl sites for hydroxylation is 1. The Morgan fingerprint density at radius 3 is 2.29 bits per heavy atom. The Hall–Kier alpha value is -3.33. The van der Waals surface area contributed by atoms with Gasteiger partial charge < -0.3 is 9.64 Å². The zero-order valence-corrected chi connectivity index (χ0v) is 18.4. The van der Waals surface area contributed by atoms with Crippen LogP contribution in [0.4, 0.5) is 10.1 Å². The van der Waals surface area contributed by atoms with Gasteiger partial charge in [-0.15, -0.1) is 0 Å². The lowest BCUT2D eigenvalue weighted by Crippen LogP contribution is -2.25. The molecule has 2 nitrogen and oxygen atoms in total. The molecule has 1 aliphatic heterocycles. The predicted octanol–water partition coefficient (Wildman–Crippen LogP) is 7.69. The minimum absolute atomic E-state index is 0.235. The highest BCUT2D eigenvalue weighted by molar-refractivity contribution is 6.10. The van der Waals surface area contributed by atoms with Gasteiger partial charge in [0.2, 0.25) is 0 Å². The van der Waals surface area contributed by atoms with Gasteiger partial charge in [0.15, 0.2) is 0 Å². The number of allylic oxidation sites excluding steroid dienone is 1. The summed E-state index contributed by atoms with van der Waals surface area (Å²) >= 11 is 0. The lowest BCUT2D eigenvalue weighted by atomic mass is 9.85. The van der Waals surface area contributed by atoms with Gasteiger partial charge in [-0.1, -0.05) is 43.7 Å². The number of unbranched alkanes of at least 4 members (excludes halogenated alkanes) is 1. The van der Waals surface area contributed by atoms with Gasteiger partial charge in [0.05, 0.1) is 12.8 Å². The summed E-state index contributed by atoms with van der Waals surface area (Å²) < 4.78 is 19.1. The molecule has 1 heterocycles. The smallest absolute Gasteiger partial charge is 0.123 e. The summed E-state index contributed by atoms with van der Waals surface area (Å²) in [6.07, 6.45) is 3.13. The SMILES string of the molecule is C=C1c2ccc(C)cc2C(CCCC)=C(c2ccc(F)cc2)N1c1ccc(OC)cc1. The van der Waals surface area contributed by atoms with Crippen molar-refractivity contribution >= 4 is 22.7 Å². The first-order chi connectivity index (χ1) is 15.0. The number of hydrogen-bond donors (Lipinski definition) is 0. The van der Waals surface area contributed by atoms with E-state index in [4.69, 9.17) is 4.74 Å². The molecule has 158 valence electrons. The van der Waals surface area contributed by atoms with Crippen molar-refractivity contribution in [3.05, 3.63) is 101 Å². The molecule has 0 aromatic heterocycles. The zero-order valence-electron chi connectivity index (χ0n) is 18.4. The first kappa shape index (κ1) is 20.9. The number of nitrogens with zero attached hydrogens (tertiary/aromatic N) is 1. The summed E-state index contributed by atoms with van der Waals surface area (Å²) in [6.45, 7) is 8.81. The molecule has 0 unspecified atom stereocenters. The van der Waals surface area contributed by atoms with Crippen LogP contribution in [-0.4, -0.2) is 7.11 Å². The number of halogens is 1. The molecule has 3 heteroatoms. The quantitative estimate of drug-likeness (QED) is 0.411. The van der Waals surface area contributed by atoms with Crippen LogP contribution in [0.1, 0.15) is 48.4 Å². The Kier molecular flexibility index (Phi) is 5.94. The van der Waals surface area contributed by atoms with Crippen LogP contribution in [0, 0.1) is 12.7 Å². The second kappa shape index (κ2) is 8.81. The normalized spacial score (nSPS) is 13.4. The lowest BCUT2D eigenvalue weighted by molar-refractivity contribution is 0.415. The maximum absolute atomic E-state index is 13.8. The van der Waals surface area contributed by atoms with Crippen molar-refractivity contribution in [2.24, 2.45) is 0 Å². The van der Waals surface area contributed by atoms with Gasteiger partial charge in [-0.25, -0.2) is 4.39 Å². The van der Waals surface area contributed by atoms with Crippen LogP contribution in [0.15, 0.2) is 73.3 Å². The van der Waals surface area contributed by atoms with Crippen LogP contribution in [0.5, 0.6) is 5.75 Å². The third kappa shape index (κ3) is 4.00. The first-order valence-electron chi connectivity index (χ1n) is 10.8. The number of hydrogen-bond acceptors (Lipinski definition) is 2. The van der Waals surface area contributed by atoms with Crippen LogP contribution in [0.3, 0.4) is 0 Å². The Balaban J connectivity index is 2.00. The fraction of sp³-hybridized carbons (Fsp3) is 0.214. The zero-order chi connectivity index (χ0) is 22.0. The molecular weight excluding hydrogens is 385 g/mol. The fourth-order valence-electron chi connectivity index (χ4n) is 4.21. The minimum Gasteiger partial charge on any atom is -0.497 e. The van der Waals surface area contributed by atoms with Gasteiger partial charge in [0.25, 0.3) is 0 Å². The molecule has 0 radical (unpaired) electrons. The molecule has 0 saturated heterocycles. The van der Waals surface area contributed by atoms with Gasteiger partial charge in [-0.3, -0.25) is 0 Å². The van der Waals surface area contributed by atoms with Crippen LogP contribution in [0.25, 0.3) is 17.0 Å². The molecular formula is C28H28FNO. The van der Waals surface area contributed by atoms with Crippen molar-refractivity contribution in [1.29, 1.82) is 0 Å². The Morgan fingerprint density at radius 2 is 1.65 bits per heavy atom. The summed E-state index contributed by atoms with van der Waals surface area (Å²) in [5.74, 6) is 0.572. The van der Waals surface area contributed by atoms with Crippen LogP contribution in [-0.2, 0) is 0 Å². The molecule has 3 aromatic carbocycles. The number of benzene rings is 3. The van der Waals surface area contributed by atoms with E-state index in [0.717, 1.165) is 53.2 Å². The molecule has 0 bridgehead atoms. The molecule has 0 atom stereocenters. The van der Waals surface area contributed by atoms with E-state index in [1.54, 1.807) is 7.11 Å². The molecule has 0 fully saturated rings. The summed E-state index contributed by atoms with van der Waals surface area (Å²) in [5.41, 5.74) is 8.83. The van der Waals surface area contributed by atoms with Crippen LogP contribution < -0.4 is 9.64 Å². The molecule has 1 aliphatic rings. The highest BCUT2D eigenvalue weighted by atomic mass is 19.1. The number of anilines is 1. The first-order valence-corrected chi connectivity index (χ1v) is 10.8. The Morgan fingerprint density at radius 1 is 0.935 bits per heavy atom. The maximum atomic E-state index is 13.8. The second-order valence-corrected chi connectivity index (χ2v) is 7.97. The van der Waals surface area contributed by atoms with Crippen molar-refractivity contribution in [1.82, 2.24) is 0 Å². The molecule has 31 heavy (non-hydrogen) atoms. The van der Waals surface area contributed by atoms with Gasteiger partial charge >= 0.3 is 0 Å². The van der Waals surface area contributed by atoms with Gasteiger partial charge in [0, 0.05) is 16.9 Å². The lowest BCUT2D eigenvalue weighted by Gasteiger charge is -2.37. The number of fused-ring (bicyclic) bond motifs is 1. The summed E-state index contributed by atoms with van der Waals surface area (Å²) in [7, 11) is 1.67. The molecule has 0 spiro atoms. The van der Waals surface area contributed by atoms with E-state index in [1.807, 2.05) is 36.4 Å². The average Bonchev–Trinajstić information content (AvgIpc) is 2.79. The Labute approximate surface area is 184 Å². The Bertz CT molecular complexity index is 1130. The third-order valence-corrected chi connectivity index (χ3v) is 5.82. The van der Waals surface area contributed by atoms with Gasteiger partial charge in [-0.05, 0) is 85.0 Å².